The van der Waals surface area contributed by atoms with Gasteiger partial charge in [-0.15, -0.1) is 0 Å². The van der Waals surface area contributed by atoms with Crippen LogP contribution in [0.15, 0.2) is 47.0 Å². The number of guanidine groups is 1. The number of nitrogens with one attached hydrogen (secondary N) is 1. The van der Waals surface area contributed by atoms with Crippen molar-refractivity contribution in [2.45, 2.75) is 57.3 Å². The normalized spacial score (nSPS) is 18.3. The molecule has 186 valence electrons. The van der Waals surface area contributed by atoms with Gasteiger partial charge in [0.1, 0.15) is 6.04 Å². The monoisotopic (exact) mass is 487 g/mol. The Balaban J connectivity index is 1.56. The molecule has 0 bridgehead atoms. The van der Waals surface area contributed by atoms with Gasteiger partial charge in [-0.05, 0) is 48.4 Å². The molecule has 0 aliphatic carbocycles. The van der Waals surface area contributed by atoms with Crippen molar-refractivity contribution in [2.24, 2.45) is 5.73 Å². The molecule has 1 aromatic heterocycles. The number of halogens is 3. The van der Waals surface area contributed by atoms with E-state index >= 15 is 0 Å². The summed E-state index contributed by atoms with van der Waals surface area (Å²) in [6.45, 7) is 2.44. The highest BCUT2D eigenvalue weighted by molar-refractivity contribution is 5.75. The number of rotatable bonds is 7. The van der Waals surface area contributed by atoms with Crippen LogP contribution in [0.5, 0.6) is 0 Å². The van der Waals surface area contributed by atoms with Crippen LogP contribution >= 0.6 is 0 Å². The second-order valence-corrected chi connectivity index (χ2v) is 8.77. The topological polar surface area (TPSA) is 112 Å². The molecule has 4 rings (SSSR count). The Labute approximate surface area is 201 Å². The van der Waals surface area contributed by atoms with Gasteiger partial charge in [0, 0.05) is 12.1 Å². The number of nitrogens with zero attached hydrogens (tertiary/aromatic N) is 3. The molecule has 7 nitrogen and oxygen atoms in total. The van der Waals surface area contributed by atoms with E-state index in [1.165, 1.54) is 22.6 Å². The lowest BCUT2D eigenvalue weighted by molar-refractivity contribution is -0.138. The van der Waals surface area contributed by atoms with E-state index in [4.69, 9.17) is 15.7 Å². The Bertz CT molecular complexity index is 1180. The van der Waals surface area contributed by atoms with E-state index in [-0.39, 0.29) is 35.2 Å². The molecule has 4 N–H and O–H groups in total. The first kappa shape index (κ1) is 24.7. The van der Waals surface area contributed by atoms with Crippen LogP contribution in [-0.4, -0.2) is 38.8 Å². The average molecular weight is 488 g/mol. The third-order valence-electron chi connectivity index (χ3n) is 6.29. The maximum absolute atomic E-state index is 13.9. The smallest absolute Gasteiger partial charge is 0.390 e. The van der Waals surface area contributed by atoms with Gasteiger partial charge in [0.25, 0.3) is 5.89 Å². The first-order valence-corrected chi connectivity index (χ1v) is 11.6. The quantitative estimate of drug-likeness (QED) is 0.334. The molecular weight excluding hydrogens is 459 g/mol. The maximum atomic E-state index is 13.9. The van der Waals surface area contributed by atoms with E-state index in [1.807, 2.05) is 24.3 Å². The minimum Gasteiger partial charge on any atom is -0.390 e. The molecule has 35 heavy (non-hydrogen) atoms. The van der Waals surface area contributed by atoms with Crippen molar-refractivity contribution in [1.82, 2.24) is 15.0 Å². The number of aliphatic hydroxyl groups excluding tert-OH is 1. The molecule has 3 aromatic rings. The first-order valence-electron chi connectivity index (χ1n) is 11.6. The summed E-state index contributed by atoms with van der Waals surface area (Å²) in [5.74, 6) is -0.273. The number of aromatic nitrogens is 2. The number of nitrogens with two attached hydrogens (primary N) is 1. The Hall–Kier alpha value is -3.40. The second kappa shape index (κ2) is 10.1. The van der Waals surface area contributed by atoms with Crippen LogP contribution in [0.4, 0.5) is 13.2 Å². The molecule has 1 saturated heterocycles. The van der Waals surface area contributed by atoms with Crippen LogP contribution in [0.2, 0.25) is 0 Å². The predicted octanol–water partition coefficient (Wildman–Crippen LogP) is 4.49. The number of benzene rings is 2. The van der Waals surface area contributed by atoms with Crippen molar-refractivity contribution in [3.8, 4) is 11.4 Å². The summed E-state index contributed by atoms with van der Waals surface area (Å²) in [5, 5.41) is 21.7. The lowest BCUT2D eigenvalue weighted by Crippen LogP contribution is -2.37. The molecular formula is C25H28F3N5O2. The Morgan fingerprint density at radius 2 is 1.83 bits per heavy atom. The number of likely N-dealkylation sites (tertiary alicyclic amines) is 1. The van der Waals surface area contributed by atoms with Crippen molar-refractivity contribution in [2.75, 3.05) is 6.54 Å². The lowest BCUT2D eigenvalue weighted by Gasteiger charge is -2.22. The minimum atomic E-state index is -4.55. The average Bonchev–Trinajstić information content (AvgIpc) is 3.45. The summed E-state index contributed by atoms with van der Waals surface area (Å²) in [6, 6.07) is 11.2. The third-order valence-corrected chi connectivity index (χ3v) is 6.29. The van der Waals surface area contributed by atoms with Crippen molar-refractivity contribution in [3.05, 3.63) is 70.6 Å². The van der Waals surface area contributed by atoms with Gasteiger partial charge in [0.2, 0.25) is 5.82 Å². The van der Waals surface area contributed by atoms with Gasteiger partial charge in [0.15, 0.2) is 5.96 Å². The molecule has 1 fully saturated rings. The minimum absolute atomic E-state index is 0.00403. The van der Waals surface area contributed by atoms with E-state index in [2.05, 4.69) is 17.1 Å². The van der Waals surface area contributed by atoms with Gasteiger partial charge in [-0.3, -0.25) is 5.41 Å². The van der Waals surface area contributed by atoms with Crippen LogP contribution in [0.25, 0.3) is 11.4 Å². The molecule has 0 spiro atoms. The first-order chi connectivity index (χ1) is 16.7. The standard InChI is InChI=1S/C25H28F3N5O2/c1-2-3-15-4-6-16(7-5-15)8-9-17-10-11-18(14-19(17)25(26,27)28)22-31-23(35-32-22)21-20(34)12-13-33(21)24(29)30/h4-7,10-11,14,20-21,34H,2-3,8-9,12-13H2,1H3,(H3,29,30)/t20-,21-/m0/s1. The van der Waals surface area contributed by atoms with E-state index in [9.17, 15) is 18.3 Å². The number of hydrogen-bond donors (Lipinski definition) is 3. The van der Waals surface area contributed by atoms with Gasteiger partial charge in [-0.25, -0.2) is 0 Å². The summed E-state index contributed by atoms with van der Waals surface area (Å²) >= 11 is 0. The van der Waals surface area contributed by atoms with Crippen LogP contribution < -0.4 is 5.73 Å². The fraction of sp³-hybridized carbons (Fsp3) is 0.400. The van der Waals surface area contributed by atoms with Crippen LogP contribution in [0.3, 0.4) is 0 Å². The maximum Gasteiger partial charge on any atom is 0.416 e. The lowest BCUT2D eigenvalue weighted by atomic mass is 9.96. The molecule has 2 atom stereocenters. The largest absolute Gasteiger partial charge is 0.416 e. The van der Waals surface area contributed by atoms with Gasteiger partial charge in [-0.2, -0.15) is 18.2 Å². The summed E-state index contributed by atoms with van der Waals surface area (Å²) in [6.07, 6.45) is -2.32. The van der Waals surface area contributed by atoms with Crippen molar-refractivity contribution < 1.29 is 22.8 Å². The Morgan fingerprint density at radius 3 is 2.46 bits per heavy atom. The van der Waals surface area contributed by atoms with Crippen molar-refractivity contribution in [1.29, 1.82) is 5.41 Å². The van der Waals surface area contributed by atoms with Gasteiger partial charge >= 0.3 is 6.18 Å². The predicted molar refractivity (Wildman–Crippen MR) is 125 cm³/mol. The van der Waals surface area contributed by atoms with E-state index < -0.39 is 23.9 Å². The SMILES string of the molecule is CCCc1ccc(CCc2ccc(-c3noc([C@@H]4[C@@H](O)CCN4C(=N)N)n3)cc2C(F)(F)F)cc1. The van der Waals surface area contributed by atoms with Gasteiger partial charge < -0.3 is 20.3 Å². The summed E-state index contributed by atoms with van der Waals surface area (Å²) in [5.41, 5.74) is 7.37. The number of aliphatic hydroxyl groups is 1. The van der Waals surface area contributed by atoms with E-state index in [0.717, 1.165) is 24.5 Å². The molecule has 1 aliphatic rings. The summed E-state index contributed by atoms with van der Waals surface area (Å²) in [7, 11) is 0. The highest BCUT2D eigenvalue weighted by atomic mass is 19.4. The van der Waals surface area contributed by atoms with Crippen molar-refractivity contribution >= 4 is 5.96 Å². The zero-order valence-electron chi connectivity index (χ0n) is 19.3. The van der Waals surface area contributed by atoms with Crippen LogP contribution in [-0.2, 0) is 25.4 Å². The Morgan fingerprint density at radius 1 is 1.14 bits per heavy atom. The van der Waals surface area contributed by atoms with Crippen molar-refractivity contribution in [3.63, 3.8) is 0 Å². The highest BCUT2D eigenvalue weighted by Gasteiger charge is 2.39. The zero-order chi connectivity index (χ0) is 25.2. The van der Waals surface area contributed by atoms with E-state index in [1.54, 1.807) is 0 Å². The fourth-order valence-corrected chi connectivity index (χ4v) is 4.45. The molecule has 10 heteroatoms. The fourth-order valence-electron chi connectivity index (χ4n) is 4.45. The number of aryl methyl sites for hydroxylation is 3. The molecule has 0 saturated carbocycles. The zero-order valence-corrected chi connectivity index (χ0v) is 19.3. The van der Waals surface area contributed by atoms with Crippen LogP contribution in [0, 0.1) is 5.41 Å². The number of hydrogen-bond acceptors (Lipinski definition) is 5. The molecule has 0 amide bonds. The molecule has 0 unspecified atom stereocenters. The molecule has 1 aliphatic heterocycles. The van der Waals surface area contributed by atoms with E-state index in [0.29, 0.717) is 19.4 Å². The second-order valence-electron chi connectivity index (χ2n) is 8.77. The van der Waals surface area contributed by atoms with Gasteiger partial charge in [-0.1, -0.05) is 54.9 Å². The van der Waals surface area contributed by atoms with Gasteiger partial charge in [0.05, 0.1) is 11.7 Å². The molecule has 2 aromatic carbocycles. The summed E-state index contributed by atoms with van der Waals surface area (Å²) in [4.78, 5) is 5.63. The number of alkyl halides is 3. The third kappa shape index (κ3) is 5.48. The summed E-state index contributed by atoms with van der Waals surface area (Å²) < 4.78 is 47.0. The molecule has 2 heterocycles. The molecule has 0 radical (unpaired) electrons. The Kier molecular flexibility index (Phi) is 7.11. The van der Waals surface area contributed by atoms with Crippen LogP contribution in [0.1, 0.15) is 54.0 Å². The highest BCUT2D eigenvalue weighted by Crippen LogP contribution is 2.36.